The Kier molecular flexibility index (Phi) is 4.59. The van der Waals surface area contributed by atoms with Crippen LogP contribution in [-0.4, -0.2) is 24.1 Å². The van der Waals surface area contributed by atoms with Crippen LogP contribution in [0.15, 0.2) is 46.9 Å². The summed E-state index contributed by atoms with van der Waals surface area (Å²) in [4.78, 5) is 23.3. The molecule has 2 aromatic carbocycles. The van der Waals surface area contributed by atoms with Crippen LogP contribution < -0.4 is 5.32 Å². The van der Waals surface area contributed by atoms with Gasteiger partial charge >= 0.3 is 5.97 Å². The SMILES string of the molecule is COC(=O)c1ccc(NC(=O)c2ccc(Br)c(O)c2)cc1. The summed E-state index contributed by atoms with van der Waals surface area (Å²) in [6.07, 6.45) is 0. The van der Waals surface area contributed by atoms with Crippen molar-refractivity contribution < 1.29 is 19.4 Å². The summed E-state index contributed by atoms with van der Waals surface area (Å²) >= 11 is 3.15. The summed E-state index contributed by atoms with van der Waals surface area (Å²) in [5.41, 5.74) is 1.26. The molecule has 0 radical (unpaired) electrons. The highest BCUT2D eigenvalue weighted by atomic mass is 79.9. The summed E-state index contributed by atoms with van der Waals surface area (Å²) in [6, 6.07) is 10.8. The molecule has 0 aliphatic heterocycles. The van der Waals surface area contributed by atoms with Gasteiger partial charge in [-0.3, -0.25) is 4.79 Å². The fourth-order valence-corrected chi connectivity index (χ4v) is 1.91. The number of halogens is 1. The minimum absolute atomic E-state index is 0.0105. The third kappa shape index (κ3) is 3.61. The van der Waals surface area contributed by atoms with Crippen molar-refractivity contribution >= 4 is 33.5 Å². The molecule has 0 aliphatic carbocycles. The van der Waals surface area contributed by atoms with Crippen molar-refractivity contribution in [1.82, 2.24) is 0 Å². The molecule has 0 aliphatic rings. The highest BCUT2D eigenvalue weighted by Crippen LogP contribution is 2.24. The number of benzene rings is 2. The normalized spacial score (nSPS) is 10.0. The molecule has 5 nitrogen and oxygen atoms in total. The third-order valence-corrected chi connectivity index (χ3v) is 3.44. The average molecular weight is 350 g/mol. The maximum absolute atomic E-state index is 12.0. The van der Waals surface area contributed by atoms with Crippen molar-refractivity contribution in [2.75, 3.05) is 12.4 Å². The molecule has 0 saturated carbocycles. The van der Waals surface area contributed by atoms with E-state index in [0.29, 0.717) is 21.3 Å². The highest BCUT2D eigenvalue weighted by molar-refractivity contribution is 9.10. The predicted octanol–water partition coefficient (Wildman–Crippen LogP) is 3.19. The Morgan fingerprint density at radius 1 is 1.10 bits per heavy atom. The van der Waals surface area contributed by atoms with E-state index in [1.807, 2.05) is 0 Å². The number of hydrogen-bond donors (Lipinski definition) is 2. The van der Waals surface area contributed by atoms with Crippen LogP contribution in [-0.2, 0) is 4.74 Å². The Bertz CT molecular complexity index is 683. The zero-order valence-electron chi connectivity index (χ0n) is 11.1. The van der Waals surface area contributed by atoms with Crippen LogP contribution in [0.1, 0.15) is 20.7 Å². The molecule has 0 heterocycles. The summed E-state index contributed by atoms with van der Waals surface area (Å²) in [6.45, 7) is 0. The first kappa shape index (κ1) is 15.1. The van der Waals surface area contributed by atoms with Crippen molar-refractivity contribution in [3.05, 3.63) is 58.1 Å². The molecule has 0 aromatic heterocycles. The molecule has 0 unspecified atom stereocenters. The van der Waals surface area contributed by atoms with Gasteiger partial charge in [-0.25, -0.2) is 4.79 Å². The van der Waals surface area contributed by atoms with Gasteiger partial charge in [0.1, 0.15) is 5.75 Å². The smallest absolute Gasteiger partial charge is 0.337 e. The third-order valence-electron chi connectivity index (χ3n) is 2.77. The number of amides is 1. The summed E-state index contributed by atoms with van der Waals surface area (Å²) in [5, 5.41) is 12.2. The minimum atomic E-state index is -0.439. The second-order valence-electron chi connectivity index (χ2n) is 4.19. The van der Waals surface area contributed by atoms with Crippen molar-refractivity contribution in [3.63, 3.8) is 0 Å². The number of carbonyl (C=O) groups excluding carboxylic acids is 2. The van der Waals surface area contributed by atoms with E-state index in [9.17, 15) is 14.7 Å². The van der Waals surface area contributed by atoms with Crippen LogP contribution >= 0.6 is 15.9 Å². The Hall–Kier alpha value is -2.34. The Labute approximate surface area is 129 Å². The number of methoxy groups -OCH3 is 1. The molecule has 6 heteroatoms. The standard InChI is InChI=1S/C15H12BrNO4/c1-21-15(20)9-2-5-11(6-3-9)17-14(19)10-4-7-12(16)13(18)8-10/h2-8,18H,1H3,(H,17,19). The van der Waals surface area contributed by atoms with E-state index in [1.54, 1.807) is 36.4 Å². The van der Waals surface area contributed by atoms with Gasteiger partial charge in [0.05, 0.1) is 17.1 Å². The lowest BCUT2D eigenvalue weighted by atomic mass is 10.1. The molecule has 2 N–H and O–H groups in total. The second-order valence-corrected chi connectivity index (χ2v) is 5.04. The fraction of sp³-hybridized carbons (Fsp3) is 0.0667. The first-order valence-corrected chi connectivity index (χ1v) is 6.79. The van der Waals surface area contributed by atoms with Gasteiger partial charge in [0.25, 0.3) is 5.91 Å². The number of carbonyl (C=O) groups is 2. The van der Waals surface area contributed by atoms with Gasteiger partial charge in [-0.15, -0.1) is 0 Å². The summed E-state index contributed by atoms with van der Waals surface area (Å²) in [5.74, 6) is -0.807. The molecule has 0 saturated heterocycles. The highest BCUT2D eigenvalue weighted by Gasteiger charge is 2.10. The van der Waals surface area contributed by atoms with Gasteiger partial charge in [-0.05, 0) is 58.4 Å². The summed E-state index contributed by atoms with van der Waals surface area (Å²) < 4.78 is 5.11. The first-order chi connectivity index (χ1) is 10.0. The van der Waals surface area contributed by atoms with Crippen LogP contribution in [0.4, 0.5) is 5.69 Å². The second kappa shape index (κ2) is 6.41. The molecular formula is C15H12BrNO4. The number of aromatic hydroxyl groups is 1. The first-order valence-electron chi connectivity index (χ1n) is 5.99. The molecular weight excluding hydrogens is 338 g/mol. The Morgan fingerprint density at radius 3 is 2.29 bits per heavy atom. The van der Waals surface area contributed by atoms with E-state index in [1.165, 1.54) is 13.2 Å². The van der Waals surface area contributed by atoms with E-state index in [0.717, 1.165) is 0 Å². The molecule has 0 atom stereocenters. The number of nitrogens with one attached hydrogen (secondary N) is 1. The van der Waals surface area contributed by atoms with Gasteiger partial charge in [0, 0.05) is 11.3 Å². The molecule has 0 bridgehead atoms. The van der Waals surface area contributed by atoms with Gasteiger partial charge < -0.3 is 15.2 Å². The van der Waals surface area contributed by atoms with Crippen LogP contribution in [0.2, 0.25) is 0 Å². The molecule has 0 fully saturated rings. The average Bonchev–Trinajstić information content (AvgIpc) is 2.50. The largest absolute Gasteiger partial charge is 0.507 e. The van der Waals surface area contributed by atoms with Crippen LogP contribution in [0.25, 0.3) is 0 Å². The van der Waals surface area contributed by atoms with Crippen LogP contribution in [0, 0.1) is 0 Å². The fourth-order valence-electron chi connectivity index (χ4n) is 1.66. The summed E-state index contributed by atoms with van der Waals surface area (Å²) in [7, 11) is 1.30. The van der Waals surface area contributed by atoms with Crippen LogP contribution in [0.3, 0.4) is 0 Å². The quantitative estimate of drug-likeness (QED) is 0.834. The minimum Gasteiger partial charge on any atom is -0.507 e. The lowest BCUT2D eigenvalue weighted by Crippen LogP contribution is -2.12. The number of rotatable bonds is 3. The number of phenols is 1. The Morgan fingerprint density at radius 2 is 1.71 bits per heavy atom. The lowest BCUT2D eigenvalue weighted by molar-refractivity contribution is 0.0600. The van der Waals surface area contributed by atoms with E-state index >= 15 is 0 Å². The number of hydrogen-bond acceptors (Lipinski definition) is 4. The van der Waals surface area contributed by atoms with Gasteiger partial charge in [0.15, 0.2) is 0 Å². The predicted molar refractivity (Wildman–Crippen MR) is 81.5 cm³/mol. The topological polar surface area (TPSA) is 75.6 Å². The number of esters is 1. The Balaban J connectivity index is 2.12. The molecule has 0 spiro atoms. The molecule has 108 valence electrons. The van der Waals surface area contributed by atoms with Crippen LogP contribution in [0.5, 0.6) is 5.75 Å². The monoisotopic (exact) mass is 349 g/mol. The van der Waals surface area contributed by atoms with Gasteiger partial charge in [-0.2, -0.15) is 0 Å². The van der Waals surface area contributed by atoms with E-state index in [2.05, 4.69) is 26.0 Å². The van der Waals surface area contributed by atoms with Crippen molar-refractivity contribution in [1.29, 1.82) is 0 Å². The molecule has 2 aromatic rings. The molecule has 21 heavy (non-hydrogen) atoms. The maximum atomic E-state index is 12.0. The molecule has 1 amide bonds. The molecule has 2 rings (SSSR count). The maximum Gasteiger partial charge on any atom is 0.337 e. The van der Waals surface area contributed by atoms with Gasteiger partial charge in [0.2, 0.25) is 0 Å². The van der Waals surface area contributed by atoms with E-state index < -0.39 is 5.97 Å². The van der Waals surface area contributed by atoms with Crippen molar-refractivity contribution in [3.8, 4) is 5.75 Å². The van der Waals surface area contributed by atoms with Crippen molar-refractivity contribution in [2.24, 2.45) is 0 Å². The zero-order chi connectivity index (χ0) is 15.4. The zero-order valence-corrected chi connectivity index (χ0v) is 12.7. The van der Waals surface area contributed by atoms with Gasteiger partial charge in [-0.1, -0.05) is 0 Å². The number of ether oxygens (including phenoxy) is 1. The van der Waals surface area contributed by atoms with E-state index in [-0.39, 0.29) is 11.7 Å². The number of anilines is 1. The van der Waals surface area contributed by atoms with Crippen molar-refractivity contribution in [2.45, 2.75) is 0 Å². The van der Waals surface area contributed by atoms with E-state index in [4.69, 9.17) is 0 Å². The number of phenolic OH excluding ortho intramolecular Hbond substituents is 1. The lowest BCUT2D eigenvalue weighted by Gasteiger charge is -2.07.